The molecule has 13 heavy (non-hydrogen) atoms. The van der Waals surface area contributed by atoms with E-state index in [1.807, 2.05) is 13.8 Å². The predicted molar refractivity (Wildman–Crippen MR) is 55.9 cm³/mol. The lowest BCUT2D eigenvalue weighted by molar-refractivity contribution is -0.255. The molecule has 0 amide bonds. The minimum atomic E-state index is -1.22. The normalized spacial score (nSPS) is 11.2. The molecular weight excluding hydrogens is 256 g/mol. The van der Waals surface area contributed by atoms with E-state index in [-0.39, 0.29) is 33.3 Å². The highest BCUT2D eigenvalue weighted by molar-refractivity contribution is 8.93. The molecule has 0 bridgehead atoms. The lowest BCUT2D eigenvalue weighted by atomic mass is 10.4. The van der Waals surface area contributed by atoms with Crippen LogP contribution in [0.5, 0.6) is 0 Å². The number of hydrogen-bond donors (Lipinski definition) is 1. The van der Waals surface area contributed by atoms with Crippen LogP contribution in [0.4, 0.5) is 0 Å². The Labute approximate surface area is 89.9 Å². The van der Waals surface area contributed by atoms with Crippen LogP contribution >= 0.6 is 27.6 Å². The van der Waals surface area contributed by atoms with Crippen LogP contribution in [0.15, 0.2) is 10.9 Å². The van der Waals surface area contributed by atoms with Crippen molar-refractivity contribution < 1.29 is 9.90 Å². The van der Waals surface area contributed by atoms with Crippen LogP contribution in [0.3, 0.4) is 0 Å². The van der Waals surface area contributed by atoms with Crippen molar-refractivity contribution in [3.8, 4) is 0 Å². The SMILES string of the molecule is Br.CC(C)N[s+]1cnc(C(=O)[O-])c1. The average molecular weight is 267 g/mol. The van der Waals surface area contributed by atoms with Gasteiger partial charge in [-0.1, -0.05) is 0 Å². The van der Waals surface area contributed by atoms with Crippen molar-refractivity contribution in [2.24, 2.45) is 0 Å². The van der Waals surface area contributed by atoms with Crippen molar-refractivity contribution in [2.75, 3.05) is 4.72 Å². The molecule has 1 heterocycles. The van der Waals surface area contributed by atoms with Crippen LogP contribution in [0.25, 0.3) is 0 Å². The first-order chi connectivity index (χ1) is 5.59. The van der Waals surface area contributed by atoms with Crippen molar-refractivity contribution in [2.45, 2.75) is 19.9 Å². The number of aromatic nitrogens is 1. The molecule has 0 aliphatic heterocycles. The van der Waals surface area contributed by atoms with Crippen LogP contribution in [0, 0.1) is 0 Å². The Morgan fingerprint density at radius 1 is 1.69 bits per heavy atom. The van der Waals surface area contributed by atoms with Crippen molar-refractivity contribution in [3.05, 3.63) is 16.6 Å². The number of carbonyl (C=O) groups is 1. The van der Waals surface area contributed by atoms with Crippen molar-refractivity contribution in [3.63, 3.8) is 0 Å². The molecule has 4 nitrogen and oxygen atoms in total. The molecule has 0 aromatic carbocycles. The topological polar surface area (TPSA) is 65.0 Å². The van der Waals surface area contributed by atoms with Gasteiger partial charge in [0.25, 0.3) is 5.51 Å². The van der Waals surface area contributed by atoms with Gasteiger partial charge < -0.3 is 9.90 Å². The standard InChI is InChI=1S/C7H10N2O2S.BrH/c1-5(2)9-12-3-6(7(10)11)8-4-12;/h3-5,9H,1-2H3;1H. The summed E-state index contributed by atoms with van der Waals surface area (Å²) in [4.78, 5) is 14.0. The Kier molecular flexibility index (Phi) is 5.12. The van der Waals surface area contributed by atoms with Gasteiger partial charge in [-0.05, 0) is 13.8 Å². The number of aromatic carboxylic acids is 1. The molecule has 0 spiro atoms. The van der Waals surface area contributed by atoms with E-state index in [0.29, 0.717) is 6.04 Å². The van der Waals surface area contributed by atoms with E-state index in [0.717, 1.165) is 0 Å². The van der Waals surface area contributed by atoms with E-state index >= 15 is 0 Å². The molecule has 0 aliphatic rings. The molecule has 0 aliphatic carbocycles. The van der Waals surface area contributed by atoms with E-state index < -0.39 is 5.97 Å². The summed E-state index contributed by atoms with van der Waals surface area (Å²) in [5.41, 5.74) is 1.61. The van der Waals surface area contributed by atoms with Gasteiger partial charge in [-0.2, -0.15) is 4.98 Å². The van der Waals surface area contributed by atoms with E-state index in [2.05, 4.69) is 9.71 Å². The van der Waals surface area contributed by atoms with Crippen LogP contribution in [0.1, 0.15) is 24.3 Å². The van der Waals surface area contributed by atoms with Gasteiger partial charge >= 0.3 is 0 Å². The van der Waals surface area contributed by atoms with Gasteiger partial charge in [0.05, 0.1) is 22.7 Å². The summed E-state index contributed by atoms with van der Waals surface area (Å²) in [6, 6.07) is 0.317. The Hall–Kier alpha value is -0.460. The maximum atomic E-state index is 10.3. The third kappa shape index (κ3) is 3.84. The Morgan fingerprint density at radius 2 is 2.31 bits per heavy atom. The van der Waals surface area contributed by atoms with E-state index in [1.54, 1.807) is 10.9 Å². The Balaban J connectivity index is 0.00000144. The van der Waals surface area contributed by atoms with Gasteiger partial charge in [0.1, 0.15) is 5.69 Å². The van der Waals surface area contributed by atoms with Gasteiger partial charge in [0.15, 0.2) is 5.38 Å². The molecule has 1 N–H and O–H groups in total. The zero-order valence-electron chi connectivity index (χ0n) is 7.31. The molecule has 1 atom stereocenters. The maximum Gasteiger partial charge on any atom is 0.251 e. The summed E-state index contributed by atoms with van der Waals surface area (Å²) in [5, 5.41) is 11.9. The van der Waals surface area contributed by atoms with Gasteiger partial charge in [0, 0.05) is 0 Å². The maximum absolute atomic E-state index is 10.3. The molecular formula is C7H11BrN2O2S. The van der Waals surface area contributed by atoms with Crippen LogP contribution in [-0.2, 0) is 0 Å². The Morgan fingerprint density at radius 3 is 2.69 bits per heavy atom. The predicted octanol–water partition coefficient (Wildman–Crippen LogP) is 0.724. The largest absolute Gasteiger partial charge is 0.543 e. The van der Waals surface area contributed by atoms with Gasteiger partial charge in [0.2, 0.25) is 0 Å². The third-order valence-electron chi connectivity index (χ3n) is 1.12. The number of carbonyl (C=O) groups excluding carboxylic acids is 1. The smallest absolute Gasteiger partial charge is 0.251 e. The summed E-state index contributed by atoms with van der Waals surface area (Å²) in [7, 11) is -0.333. The zero-order valence-corrected chi connectivity index (χ0v) is 9.84. The number of thiazole rings is 1. The van der Waals surface area contributed by atoms with Crippen LogP contribution in [0.2, 0.25) is 0 Å². The molecule has 0 radical (unpaired) electrons. The molecule has 0 saturated carbocycles. The second-order valence-electron chi connectivity index (χ2n) is 2.67. The highest BCUT2D eigenvalue weighted by Gasteiger charge is 2.10. The summed E-state index contributed by atoms with van der Waals surface area (Å²) in [5.74, 6) is -1.22. The van der Waals surface area contributed by atoms with Gasteiger partial charge in [-0.3, -0.25) is 0 Å². The Bertz CT molecular complexity index is 288. The second-order valence-corrected chi connectivity index (χ2v) is 4.10. The number of hydrogen-bond acceptors (Lipinski definition) is 4. The molecule has 1 aromatic heterocycles. The van der Waals surface area contributed by atoms with Gasteiger partial charge in [-0.15, -0.1) is 21.7 Å². The first-order valence-electron chi connectivity index (χ1n) is 3.55. The summed E-state index contributed by atoms with van der Waals surface area (Å²) in [6.07, 6.45) is 0. The number of carboxylic acids is 1. The molecule has 0 saturated heterocycles. The number of halogens is 1. The average Bonchev–Trinajstić information content (AvgIpc) is 2.34. The number of nitrogens with one attached hydrogen (secondary N) is 1. The fourth-order valence-electron chi connectivity index (χ4n) is 0.732. The molecule has 1 rings (SSSR count). The highest BCUT2D eigenvalue weighted by Crippen LogP contribution is 2.14. The number of rotatable bonds is 3. The van der Waals surface area contributed by atoms with Crippen molar-refractivity contribution in [1.82, 2.24) is 4.98 Å². The monoisotopic (exact) mass is 266 g/mol. The fourth-order valence-corrected chi connectivity index (χ4v) is 2.09. The summed E-state index contributed by atoms with van der Waals surface area (Å²) in [6.45, 7) is 3.98. The third-order valence-corrected chi connectivity index (χ3v) is 2.68. The lowest BCUT2D eigenvalue weighted by Crippen LogP contribution is -2.22. The minimum absolute atomic E-state index is 0. The molecule has 6 heteroatoms. The van der Waals surface area contributed by atoms with Crippen LogP contribution in [-0.4, -0.2) is 17.0 Å². The molecule has 1 unspecified atom stereocenters. The van der Waals surface area contributed by atoms with E-state index in [9.17, 15) is 9.90 Å². The second kappa shape index (κ2) is 5.31. The lowest BCUT2D eigenvalue weighted by Gasteiger charge is -1.95. The molecule has 74 valence electrons. The van der Waals surface area contributed by atoms with Gasteiger partial charge in [-0.25, -0.2) is 0 Å². The quantitative estimate of drug-likeness (QED) is 0.820. The van der Waals surface area contributed by atoms with Crippen molar-refractivity contribution in [1.29, 1.82) is 0 Å². The summed E-state index contributed by atoms with van der Waals surface area (Å²) >= 11 is 0. The fraction of sp³-hybridized carbons (Fsp3) is 0.429. The number of carboxylic acid groups (broad SMARTS) is 1. The van der Waals surface area contributed by atoms with Crippen molar-refractivity contribution >= 4 is 33.6 Å². The van der Waals surface area contributed by atoms with E-state index in [1.165, 1.54) is 0 Å². The summed E-state index contributed by atoms with van der Waals surface area (Å²) < 4.78 is 3.14. The molecule has 0 fully saturated rings. The first-order valence-corrected chi connectivity index (χ1v) is 4.90. The zero-order chi connectivity index (χ0) is 9.14. The number of nitrogens with zero attached hydrogens (tertiary/aromatic N) is 1. The highest BCUT2D eigenvalue weighted by atomic mass is 79.9. The van der Waals surface area contributed by atoms with E-state index in [4.69, 9.17) is 0 Å². The first kappa shape index (κ1) is 12.5. The minimum Gasteiger partial charge on any atom is -0.543 e. The molecule has 1 aromatic rings. The van der Waals surface area contributed by atoms with Crippen LogP contribution < -0.4 is 9.83 Å².